The summed E-state index contributed by atoms with van der Waals surface area (Å²) in [5.74, 6) is 0.722. The molecule has 0 aromatic heterocycles. The molecule has 2 atom stereocenters. The molecule has 0 fully saturated rings. The molecule has 2 unspecified atom stereocenters. The summed E-state index contributed by atoms with van der Waals surface area (Å²) < 4.78 is 0. The van der Waals surface area contributed by atoms with Crippen LogP contribution in [0.1, 0.15) is 60.3 Å². The van der Waals surface area contributed by atoms with E-state index in [4.69, 9.17) is 0 Å². The molecule has 1 heteroatoms. The fraction of sp³-hybridized carbons (Fsp3) is 0.688. The molecule has 0 saturated carbocycles. The van der Waals surface area contributed by atoms with Crippen molar-refractivity contribution in [2.45, 2.75) is 60.3 Å². The highest BCUT2D eigenvalue weighted by Gasteiger charge is 2.37. The molecule has 0 aromatic carbocycles. The van der Waals surface area contributed by atoms with Gasteiger partial charge in [0.2, 0.25) is 0 Å². The predicted molar refractivity (Wildman–Crippen MR) is 73.9 cm³/mol. The molecule has 1 rings (SSSR count). The highest BCUT2D eigenvalue weighted by molar-refractivity contribution is 5.82. The maximum absolute atomic E-state index is 11.7. The second kappa shape index (κ2) is 5.66. The Morgan fingerprint density at radius 1 is 1.47 bits per heavy atom. The largest absolute Gasteiger partial charge is 0.299 e. The zero-order chi connectivity index (χ0) is 13.1. The van der Waals surface area contributed by atoms with Crippen LogP contribution >= 0.6 is 0 Å². The minimum Gasteiger partial charge on any atom is -0.299 e. The molecule has 0 heterocycles. The van der Waals surface area contributed by atoms with E-state index in [1.54, 1.807) is 6.92 Å². The third-order valence-electron chi connectivity index (χ3n) is 4.28. The first-order valence-corrected chi connectivity index (χ1v) is 6.70. The molecule has 0 bridgehead atoms. The molecule has 0 amide bonds. The van der Waals surface area contributed by atoms with Crippen LogP contribution in [0.15, 0.2) is 23.3 Å². The van der Waals surface area contributed by atoms with Crippen LogP contribution in [0.5, 0.6) is 0 Å². The normalized spacial score (nSPS) is 28.5. The Morgan fingerprint density at radius 3 is 2.59 bits per heavy atom. The molecule has 17 heavy (non-hydrogen) atoms. The molecule has 0 aromatic rings. The molecule has 0 aliphatic heterocycles. The molecule has 1 aliphatic carbocycles. The van der Waals surface area contributed by atoms with Gasteiger partial charge in [-0.15, -0.1) is 0 Å². The summed E-state index contributed by atoms with van der Waals surface area (Å²) in [6.07, 6.45) is 9.04. The van der Waals surface area contributed by atoms with Crippen molar-refractivity contribution in [2.75, 3.05) is 0 Å². The van der Waals surface area contributed by atoms with Gasteiger partial charge in [-0.2, -0.15) is 0 Å². The van der Waals surface area contributed by atoms with Gasteiger partial charge in [0.25, 0.3) is 0 Å². The van der Waals surface area contributed by atoms with E-state index < -0.39 is 0 Å². The standard InChI is InChI=1S/C16H26O/c1-12(2)7-6-8-15-9-10-16(5,14(4)17)13(3)11-15/h7,11,13H,6,8-10H2,1-5H3. The van der Waals surface area contributed by atoms with Gasteiger partial charge in [-0.05, 0) is 52.4 Å². The number of carbonyl (C=O) groups is 1. The van der Waals surface area contributed by atoms with Gasteiger partial charge in [0.15, 0.2) is 0 Å². The van der Waals surface area contributed by atoms with Crippen molar-refractivity contribution in [1.82, 2.24) is 0 Å². The van der Waals surface area contributed by atoms with Gasteiger partial charge in [0.05, 0.1) is 0 Å². The van der Waals surface area contributed by atoms with E-state index in [-0.39, 0.29) is 5.41 Å². The Hall–Kier alpha value is -0.850. The number of carbonyl (C=O) groups excluding carboxylic acids is 1. The van der Waals surface area contributed by atoms with Crippen molar-refractivity contribution in [1.29, 1.82) is 0 Å². The molecule has 1 nitrogen and oxygen atoms in total. The number of allylic oxidation sites excluding steroid dienone is 4. The van der Waals surface area contributed by atoms with E-state index in [0.717, 1.165) is 25.7 Å². The van der Waals surface area contributed by atoms with Crippen LogP contribution in [-0.2, 0) is 4.79 Å². The minimum atomic E-state index is -0.125. The number of ketones is 1. The second-order valence-corrected chi connectivity index (χ2v) is 5.91. The van der Waals surface area contributed by atoms with Gasteiger partial charge in [0.1, 0.15) is 5.78 Å². The molecule has 0 N–H and O–H groups in total. The van der Waals surface area contributed by atoms with Gasteiger partial charge < -0.3 is 0 Å². The Kier molecular flexibility index (Phi) is 4.73. The SMILES string of the molecule is CC(=O)C1(C)CCC(CCC=C(C)C)=CC1C. The summed E-state index contributed by atoms with van der Waals surface area (Å²) in [7, 11) is 0. The monoisotopic (exact) mass is 234 g/mol. The van der Waals surface area contributed by atoms with Crippen LogP contribution in [-0.4, -0.2) is 5.78 Å². The van der Waals surface area contributed by atoms with E-state index in [0.29, 0.717) is 11.7 Å². The Bertz CT molecular complexity index is 345. The van der Waals surface area contributed by atoms with E-state index >= 15 is 0 Å². The smallest absolute Gasteiger partial charge is 0.136 e. The Balaban J connectivity index is 2.63. The fourth-order valence-corrected chi connectivity index (χ4v) is 2.52. The fourth-order valence-electron chi connectivity index (χ4n) is 2.52. The summed E-state index contributed by atoms with van der Waals surface area (Å²) in [5.41, 5.74) is 2.80. The van der Waals surface area contributed by atoms with Gasteiger partial charge >= 0.3 is 0 Å². The average Bonchev–Trinajstić information content (AvgIpc) is 2.22. The molecule has 0 saturated heterocycles. The lowest BCUT2D eigenvalue weighted by atomic mass is 9.67. The lowest BCUT2D eigenvalue weighted by Crippen LogP contribution is -2.34. The van der Waals surface area contributed by atoms with Crippen LogP contribution in [0.3, 0.4) is 0 Å². The highest BCUT2D eigenvalue weighted by Crippen LogP contribution is 2.41. The first-order chi connectivity index (χ1) is 7.86. The lowest BCUT2D eigenvalue weighted by molar-refractivity contribution is -0.128. The second-order valence-electron chi connectivity index (χ2n) is 5.91. The molecular formula is C16H26O. The average molecular weight is 234 g/mol. The molecule has 1 aliphatic rings. The van der Waals surface area contributed by atoms with Crippen LogP contribution < -0.4 is 0 Å². The summed E-state index contributed by atoms with van der Waals surface area (Å²) in [6.45, 7) is 10.3. The van der Waals surface area contributed by atoms with Crippen molar-refractivity contribution < 1.29 is 4.79 Å². The van der Waals surface area contributed by atoms with Crippen LogP contribution in [0.25, 0.3) is 0 Å². The summed E-state index contributed by atoms with van der Waals surface area (Å²) in [5, 5.41) is 0. The number of hydrogen-bond acceptors (Lipinski definition) is 1. The zero-order valence-corrected chi connectivity index (χ0v) is 12.0. The molecular weight excluding hydrogens is 208 g/mol. The predicted octanol–water partition coefficient (Wildman–Crippen LogP) is 4.68. The Morgan fingerprint density at radius 2 is 2.12 bits per heavy atom. The van der Waals surface area contributed by atoms with Crippen molar-refractivity contribution in [3.05, 3.63) is 23.3 Å². The highest BCUT2D eigenvalue weighted by atomic mass is 16.1. The van der Waals surface area contributed by atoms with Crippen LogP contribution in [0.4, 0.5) is 0 Å². The van der Waals surface area contributed by atoms with Crippen molar-refractivity contribution >= 4 is 5.78 Å². The quantitative estimate of drug-likeness (QED) is 0.645. The minimum absolute atomic E-state index is 0.125. The van der Waals surface area contributed by atoms with Crippen LogP contribution in [0, 0.1) is 11.3 Å². The third-order valence-corrected chi connectivity index (χ3v) is 4.28. The van der Waals surface area contributed by atoms with Crippen LogP contribution in [0.2, 0.25) is 0 Å². The zero-order valence-electron chi connectivity index (χ0n) is 12.0. The lowest BCUT2D eigenvalue weighted by Gasteiger charge is -2.36. The van der Waals surface area contributed by atoms with Crippen molar-refractivity contribution in [3.63, 3.8) is 0 Å². The topological polar surface area (TPSA) is 17.1 Å². The molecule has 0 radical (unpaired) electrons. The van der Waals surface area contributed by atoms with E-state index in [1.807, 2.05) is 0 Å². The maximum Gasteiger partial charge on any atom is 0.136 e. The van der Waals surface area contributed by atoms with E-state index in [9.17, 15) is 4.79 Å². The first-order valence-electron chi connectivity index (χ1n) is 6.70. The van der Waals surface area contributed by atoms with Gasteiger partial charge in [0, 0.05) is 5.41 Å². The third kappa shape index (κ3) is 3.55. The van der Waals surface area contributed by atoms with Gasteiger partial charge in [-0.1, -0.05) is 37.1 Å². The summed E-state index contributed by atoms with van der Waals surface area (Å²) in [4.78, 5) is 11.7. The number of hydrogen-bond donors (Lipinski definition) is 0. The molecule has 0 spiro atoms. The number of rotatable bonds is 4. The van der Waals surface area contributed by atoms with E-state index in [1.165, 1.54) is 11.1 Å². The van der Waals surface area contributed by atoms with Gasteiger partial charge in [-0.25, -0.2) is 0 Å². The number of Topliss-reactive ketones (excluding diaryl/α,β-unsaturated/α-hetero) is 1. The van der Waals surface area contributed by atoms with Gasteiger partial charge in [-0.3, -0.25) is 4.79 Å². The first kappa shape index (κ1) is 14.2. The van der Waals surface area contributed by atoms with E-state index in [2.05, 4.69) is 39.8 Å². The van der Waals surface area contributed by atoms with Crippen molar-refractivity contribution in [3.8, 4) is 0 Å². The maximum atomic E-state index is 11.7. The summed E-state index contributed by atoms with van der Waals surface area (Å²) >= 11 is 0. The Labute approximate surface area is 106 Å². The molecule has 96 valence electrons. The van der Waals surface area contributed by atoms with Crippen molar-refractivity contribution in [2.24, 2.45) is 11.3 Å². The summed E-state index contributed by atoms with van der Waals surface area (Å²) in [6, 6.07) is 0.